The third-order valence-electron chi connectivity index (χ3n) is 10.7. The topological polar surface area (TPSA) is 153 Å². The molecular weight excluding hydrogens is 732 g/mol. The molecule has 0 bridgehead atoms. The van der Waals surface area contributed by atoms with Gasteiger partial charge < -0.3 is 36.3 Å². The standard InChI is InChI=1S/C37H46F4N6O5.C4H10/c1-3-22(2)30(20-44-35(51)43-19-23-12-15-52-16-13-23)46-34(50)36(47-32(49)21-42-31(48)17-24-7-4-5-10-28(24)38)14-11-29-26(18-36)25-8-6-9-27(33(25)45-29)37(39,40)41;1-3-4-2/h4-10,22-23,30,45H,3,11-21H2,1-2H3,(H,42,48)(H,46,50)(H,47,49)(H2,43,44,51);3-4H2,1-2H3/t22?,30-,36-;/m1./s1. The molecule has 6 N–H and O–H groups in total. The number of rotatable bonds is 14. The highest BCUT2D eigenvalue weighted by atomic mass is 19.4. The first kappa shape index (κ1) is 44.1. The third kappa shape index (κ3) is 11.9. The van der Waals surface area contributed by atoms with E-state index in [0.717, 1.165) is 18.9 Å². The van der Waals surface area contributed by atoms with Gasteiger partial charge in [0.15, 0.2) is 0 Å². The summed E-state index contributed by atoms with van der Waals surface area (Å²) in [4.78, 5) is 56.1. The van der Waals surface area contributed by atoms with E-state index in [1.807, 2.05) is 13.8 Å². The highest BCUT2D eigenvalue weighted by Crippen LogP contribution is 2.40. The van der Waals surface area contributed by atoms with Crippen LogP contribution in [0.3, 0.4) is 0 Å². The predicted molar refractivity (Wildman–Crippen MR) is 206 cm³/mol. The quantitative estimate of drug-likeness (QED) is 0.109. The number of urea groups is 1. The fourth-order valence-electron chi connectivity index (χ4n) is 6.87. The maximum Gasteiger partial charge on any atom is 0.418 e. The van der Waals surface area contributed by atoms with Crippen LogP contribution in [0.1, 0.15) is 88.6 Å². The van der Waals surface area contributed by atoms with Crippen molar-refractivity contribution in [3.05, 3.63) is 70.7 Å². The summed E-state index contributed by atoms with van der Waals surface area (Å²) in [5, 5.41) is 14.3. The van der Waals surface area contributed by atoms with Crippen LogP contribution in [-0.4, -0.2) is 73.2 Å². The highest BCUT2D eigenvalue weighted by Gasteiger charge is 2.45. The zero-order valence-corrected chi connectivity index (χ0v) is 32.7. The maximum atomic E-state index is 14.4. The molecule has 3 aromatic rings. The van der Waals surface area contributed by atoms with E-state index in [0.29, 0.717) is 43.4 Å². The molecule has 3 atom stereocenters. The number of hydrogen-bond acceptors (Lipinski definition) is 5. The first-order valence-electron chi connectivity index (χ1n) is 19.6. The second-order valence-electron chi connectivity index (χ2n) is 14.8. The van der Waals surface area contributed by atoms with E-state index >= 15 is 0 Å². The fourth-order valence-corrected chi connectivity index (χ4v) is 6.87. The van der Waals surface area contributed by atoms with Crippen molar-refractivity contribution in [3.63, 3.8) is 0 Å². The number of carbonyl (C=O) groups excluding carboxylic acids is 4. The number of H-pyrrole nitrogens is 1. The minimum absolute atomic E-state index is 0.0428. The molecule has 0 saturated carbocycles. The Kier molecular flexibility index (Phi) is 16.1. The first-order valence-corrected chi connectivity index (χ1v) is 19.6. The Bertz CT molecular complexity index is 1790. The van der Waals surface area contributed by atoms with Crippen LogP contribution in [0, 0.1) is 17.7 Å². The molecule has 1 aromatic heterocycles. The van der Waals surface area contributed by atoms with Crippen molar-refractivity contribution in [2.45, 2.75) is 103 Å². The van der Waals surface area contributed by atoms with Gasteiger partial charge in [-0.25, -0.2) is 9.18 Å². The summed E-state index contributed by atoms with van der Waals surface area (Å²) in [6.07, 6.45) is 0.126. The Labute approximate surface area is 325 Å². The monoisotopic (exact) mass is 788 g/mol. The number of fused-ring (bicyclic) bond motifs is 3. The molecule has 1 unspecified atom stereocenters. The van der Waals surface area contributed by atoms with E-state index in [1.54, 1.807) is 12.1 Å². The molecule has 2 aliphatic rings. The number of para-hydroxylation sites is 1. The van der Waals surface area contributed by atoms with Crippen molar-refractivity contribution in [2.24, 2.45) is 11.8 Å². The zero-order valence-electron chi connectivity index (χ0n) is 32.7. The number of benzene rings is 2. The summed E-state index contributed by atoms with van der Waals surface area (Å²) in [5.74, 6) is -2.25. The number of halogens is 4. The molecule has 308 valence electrons. The van der Waals surface area contributed by atoms with Gasteiger partial charge in [0.1, 0.15) is 11.4 Å². The second kappa shape index (κ2) is 20.5. The van der Waals surface area contributed by atoms with E-state index in [2.05, 4.69) is 45.4 Å². The number of aromatic nitrogens is 1. The third-order valence-corrected chi connectivity index (χ3v) is 10.7. The summed E-state index contributed by atoms with van der Waals surface area (Å²) in [6.45, 7) is 9.57. The molecule has 1 aliphatic carbocycles. The number of hydrogen-bond donors (Lipinski definition) is 6. The Morgan fingerprint density at radius 2 is 1.66 bits per heavy atom. The smallest absolute Gasteiger partial charge is 0.381 e. The van der Waals surface area contributed by atoms with Crippen LogP contribution in [-0.2, 0) is 44.6 Å². The molecule has 56 heavy (non-hydrogen) atoms. The Morgan fingerprint density at radius 1 is 0.946 bits per heavy atom. The number of alkyl halides is 3. The minimum Gasteiger partial charge on any atom is -0.381 e. The summed E-state index contributed by atoms with van der Waals surface area (Å²) in [5.41, 5.74) is -1.40. The second-order valence-corrected chi connectivity index (χ2v) is 14.8. The fraction of sp³-hybridized carbons (Fsp3) is 0.561. The van der Waals surface area contributed by atoms with Gasteiger partial charge in [0, 0.05) is 49.8 Å². The number of carbonyl (C=O) groups is 4. The van der Waals surface area contributed by atoms with Crippen molar-refractivity contribution >= 4 is 34.7 Å². The summed E-state index contributed by atoms with van der Waals surface area (Å²) in [6, 6.07) is 8.65. The average Bonchev–Trinajstić information content (AvgIpc) is 3.56. The molecule has 11 nitrogen and oxygen atoms in total. The molecule has 2 aromatic carbocycles. The van der Waals surface area contributed by atoms with Gasteiger partial charge in [-0.2, -0.15) is 13.2 Å². The number of nitrogens with one attached hydrogen (secondary N) is 6. The molecule has 0 radical (unpaired) electrons. The van der Waals surface area contributed by atoms with Crippen LogP contribution >= 0.6 is 0 Å². The van der Waals surface area contributed by atoms with Crippen LogP contribution in [0.4, 0.5) is 22.4 Å². The maximum absolute atomic E-state index is 14.4. The molecule has 1 saturated heterocycles. The Hall–Kier alpha value is -4.66. The van der Waals surface area contributed by atoms with E-state index in [4.69, 9.17) is 4.74 Å². The van der Waals surface area contributed by atoms with Gasteiger partial charge in [-0.3, -0.25) is 14.4 Å². The van der Waals surface area contributed by atoms with Gasteiger partial charge in [-0.15, -0.1) is 0 Å². The van der Waals surface area contributed by atoms with Gasteiger partial charge in [0.2, 0.25) is 17.7 Å². The SMILES string of the molecule is CCC(C)[C@@H](CNC(=O)NCC1CCOCC1)NC(=O)[C@@]1(NC(=O)CNC(=O)Cc2ccccc2F)CCc2[nH]c3c(C(F)(F)F)cccc3c2C1.CCCC. The lowest BCUT2D eigenvalue weighted by molar-refractivity contribution is -0.136. The molecule has 5 amide bonds. The Balaban J connectivity index is 0.00000166. The molecule has 1 aliphatic heterocycles. The lowest BCUT2D eigenvalue weighted by Crippen LogP contribution is -2.65. The van der Waals surface area contributed by atoms with E-state index < -0.39 is 53.4 Å². The molecular formula is C41H56F4N6O5. The van der Waals surface area contributed by atoms with Crippen LogP contribution in [0.2, 0.25) is 0 Å². The van der Waals surface area contributed by atoms with Gasteiger partial charge in [0.05, 0.1) is 24.0 Å². The normalized spacial score (nSPS) is 18.1. The molecule has 15 heteroatoms. The van der Waals surface area contributed by atoms with Gasteiger partial charge >= 0.3 is 12.2 Å². The largest absolute Gasteiger partial charge is 0.418 e. The van der Waals surface area contributed by atoms with Gasteiger partial charge in [0.25, 0.3) is 0 Å². The van der Waals surface area contributed by atoms with Crippen LogP contribution in [0.5, 0.6) is 0 Å². The van der Waals surface area contributed by atoms with E-state index in [1.165, 1.54) is 37.1 Å². The first-order chi connectivity index (χ1) is 26.7. The van der Waals surface area contributed by atoms with Crippen LogP contribution in [0.25, 0.3) is 10.9 Å². The number of aryl methyl sites for hydroxylation is 1. The summed E-state index contributed by atoms with van der Waals surface area (Å²) in [7, 11) is 0. The predicted octanol–water partition coefficient (Wildman–Crippen LogP) is 6.09. The van der Waals surface area contributed by atoms with Crippen LogP contribution in [0.15, 0.2) is 42.5 Å². The molecule has 0 spiro atoms. The average molecular weight is 789 g/mol. The van der Waals surface area contributed by atoms with Crippen molar-refractivity contribution in [3.8, 4) is 0 Å². The number of ether oxygens (including phenoxy) is 1. The van der Waals surface area contributed by atoms with E-state index in [9.17, 15) is 36.7 Å². The molecule has 1 fully saturated rings. The lowest BCUT2D eigenvalue weighted by atomic mass is 9.78. The van der Waals surface area contributed by atoms with E-state index in [-0.39, 0.29) is 60.6 Å². The lowest BCUT2D eigenvalue weighted by Gasteiger charge is -2.38. The van der Waals surface area contributed by atoms with Crippen molar-refractivity contribution in [1.29, 1.82) is 0 Å². The van der Waals surface area contributed by atoms with Crippen LogP contribution < -0.4 is 26.6 Å². The number of aromatic amines is 1. The molecule has 2 heterocycles. The summed E-state index contributed by atoms with van der Waals surface area (Å²) < 4.78 is 61.3. The summed E-state index contributed by atoms with van der Waals surface area (Å²) >= 11 is 0. The Morgan fingerprint density at radius 3 is 2.32 bits per heavy atom. The minimum atomic E-state index is -4.62. The van der Waals surface area contributed by atoms with Gasteiger partial charge in [-0.1, -0.05) is 77.3 Å². The zero-order chi connectivity index (χ0) is 40.9. The highest BCUT2D eigenvalue weighted by molar-refractivity contribution is 5.96. The van der Waals surface area contributed by atoms with Crippen molar-refractivity contribution < 1.29 is 41.5 Å². The number of unbranched alkanes of at least 4 members (excludes halogenated alkanes) is 1. The van der Waals surface area contributed by atoms with Crippen molar-refractivity contribution in [2.75, 3.05) is 32.8 Å². The van der Waals surface area contributed by atoms with Gasteiger partial charge in [-0.05, 0) is 60.8 Å². The molecule has 5 rings (SSSR count). The van der Waals surface area contributed by atoms with Crippen molar-refractivity contribution in [1.82, 2.24) is 31.6 Å². The number of amides is 5.